The second-order valence-electron chi connectivity index (χ2n) is 8.93. The summed E-state index contributed by atoms with van der Waals surface area (Å²) in [4.78, 5) is 29.9. The normalized spacial score (nSPS) is 17.8. The van der Waals surface area contributed by atoms with Gasteiger partial charge in [0.2, 0.25) is 5.91 Å². The van der Waals surface area contributed by atoms with E-state index in [4.69, 9.17) is 25.8 Å². The number of carbonyl (C=O) groups is 2. The van der Waals surface area contributed by atoms with Crippen LogP contribution in [-0.4, -0.2) is 74.7 Å². The number of methoxy groups -OCH3 is 1. The van der Waals surface area contributed by atoms with Gasteiger partial charge in [0.15, 0.2) is 0 Å². The standard InChI is InChI=1S/C26H31ClN2O5/c1-32-22-6-2-20(3-7-22)25(31)29-12-10-26(11-13-29,18-24(30)28-14-16-33-17-15-28)19-34-23-8-4-21(27)5-9-23/h2-9H,10-19H2,1H3. The average molecular weight is 487 g/mol. The summed E-state index contributed by atoms with van der Waals surface area (Å²) in [5.41, 5.74) is 0.293. The Morgan fingerprint density at radius 1 is 0.912 bits per heavy atom. The number of rotatable bonds is 7. The summed E-state index contributed by atoms with van der Waals surface area (Å²) in [7, 11) is 1.60. The third kappa shape index (κ3) is 6.02. The van der Waals surface area contributed by atoms with Crippen molar-refractivity contribution in [2.75, 3.05) is 53.1 Å². The molecule has 34 heavy (non-hydrogen) atoms. The summed E-state index contributed by atoms with van der Waals surface area (Å²) in [6.07, 6.45) is 1.78. The van der Waals surface area contributed by atoms with Gasteiger partial charge in [0.25, 0.3) is 5.91 Å². The molecule has 0 unspecified atom stereocenters. The van der Waals surface area contributed by atoms with Gasteiger partial charge in [0, 0.05) is 48.6 Å². The minimum Gasteiger partial charge on any atom is -0.497 e. The van der Waals surface area contributed by atoms with Gasteiger partial charge in [-0.1, -0.05) is 11.6 Å². The highest BCUT2D eigenvalue weighted by atomic mass is 35.5. The smallest absolute Gasteiger partial charge is 0.253 e. The zero-order valence-corrected chi connectivity index (χ0v) is 20.3. The predicted octanol–water partition coefficient (Wildman–Crippen LogP) is 3.90. The van der Waals surface area contributed by atoms with Crippen molar-refractivity contribution in [1.82, 2.24) is 9.80 Å². The lowest BCUT2D eigenvalue weighted by Gasteiger charge is -2.42. The molecule has 2 heterocycles. The van der Waals surface area contributed by atoms with E-state index >= 15 is 0 Å². The largest absolute Gasteiger partial charge is 0.497 e. The number of nitrogens with zero attached hydrogens (tertiary/aromatic N) is 2. The summed E-state index contributed by atoms with van der Waals surface area (Å²) in [5, 5.41) is 0.648. The molecule has 2 fully saturated rings. The van der Waals surface area contributed by atoms with Gasteiger partial charge in [0.05, 0.1) is 26.9 Å². The maximum Gasteiger partial charge on any atom is 0.253 e. The lowest BCUT2D eigenvalue weighted by molar-refractivity contribution is -0.139. The zero-order chi connectivity index (χ0) is 24.0. The van der Waals surface area contributed by atoms with Crippen LogP contribution in [-0.2, 0) is 9.53 Å². The quantitative estimate of drug-likeness (QED) is 0.593. The van der Waals surface area contributed by atoms with Gasteiger partial charge in [-0.2, -0.15) is 0 Å². The van der Waals surface area contributed by atoms with E-state index in [1.807, 2.05) is 21.9 Å². The Morgan fingerprint density at radius 2 is 1.53 bits per heavy atom. The molecular weight excluding hydrogens is 456 g/mol. The molecule has 2 aromatic rings. The molecule has 0 aromatic heterocycles. The van der Waals surface area contributed by atoms with Crippen molar-refractivity contribution in [3.05, 3.63) is 59.1 Å². The van der Waals surface area contributed by atoms with Gasteiger partial charge in [0.1, 0.15) is 11.5 Å². The van der Waals surface area contributed by atoms with Crippen LogP contribution < -0.4 is 9.47 Å². The molecule has 2 saturated heterocycles. The molecule has 0 N–H and O–H groups in total. The first-order valence-electron chi connectivity index (χ1n) is 11.7. The van der Waals surface area contributed by atoms with Crippen LogP contribution in [0.4, 0.5) is 0 Å². The number of hydrogen-bond donors (Lipinski definition) is 0. The highest BCUT2D eigenvalue weighted by molar-refractivity contribution is 6.30. The first-order chi connectivity index (χ1) is 16.5. The SMILES string of the molecule is COc1ccc(C(=O)N2CCC(COc3ccc(Cl)cc3)(CC(=O)N3CCOCC3)CC2)cc1. The van der Waals surface area contributed by atoms with Crippen LogP contribution in [0.2, 0.25) is 5.02 Å². The zero-order valence-electron chi connectivity index (χ0n) is 19.5. The lowest BCUT2D eigenvalue weighted by atomic mass is 9.75. The molecule has 2 aliphatic heterocycles. The molecule has 7 nitrogen and oxygen atoms in total. The van der Waals surface area contributed by atoms with Crippen molar-refractivity contribution in [2.24, 2.45) is 5.41 Å². The fourth-order valence-electron chi connectivity index (χ4n) is 4.49. The highest BCUT2D eigenvalue weighted by Crippen LogP contribution is 2.37. The average Bonchev–Trinajstić information content (AvgIpc) is 2.89. The summed E-state index contributed by atoms with van der Waals surface area (Å²) in [5.74, 6) is 1.56. The second-order valence-corrected chi connectivity index (χ2v) is 9.37. The van der Waals surface area contributed by atoms with Gasteiger partial charge >= 0.3 is 0 Å². The van der Waals surface area contributed by atoms with Crippen LogP contribution in [0.5, 0.6) is 11.5 Å². The maximum atomic E-state index is 13.1. The van der Waals surface area contributed by atoms with Crippen LogP contribution in [0.3, 0.4) is 0 Å². The Balaban J connectivity index is 1.43. The van der Waals surface area contributed by atoms with E-state index in [1.165, 1.54) is 0 Å². The third-order valence-electron chi connectivity index (χ3n) is 6.70. The van der Waals surface area contributed by atoms with E-state index in [2.05, 4.69) is 0 Å². The predicted molar refractivity (Wildman–Crippen MR) is 130 cm³/mol. The second kappa shape index (κ2) is 11.1. The van der Waals surface area contributed by atoms with Crippen molar-refractivity contribution in [3.8, 4) is 11.5 Å². The Morgan fingerprint density at radius 3 is 2.15 bits per heavy atom. The van der Waals surface area contributed by atoms with Gasteiger partial charge < -0.3 is 24.0 Å². The number of ether oxygens (including phenoxy) is 3. The molecule has 0 radical (unpaired) electrons. The van der Waals surface area contributed by atoms with Crippen LogP contribution in [0.1, 0.15) is 29.6 Å². The van der Waals surface area contributed by atoms with Crippen molar-refractivity contribution in [3.63, 3.8) is 0 Å². The summed E-state index contributed by atoms with van der Waals surface area (Å²) in [6, 6.07) is 14.4. The summed E-state index contributed by atoms with van der Waals surface area (Å²) < 4.78 is 16.7. The molecule has 4 rings (SSSR count). The first kappa shape index (κ1) is 24.4. The van der Waals surface area contributed by atoms with E-state index in [0.29, 0.717) is 75.8 Å². The summed E-state index contributed by atoms with van der Waals surface area (Å²) >= 11 is 6.00. The van der Waals surface area contributed by atoms with Crippen molar-refractivity contribution in [1.29, 1.82) is 0 Å². The molecule has 0 spiro atoms. The minimum atomic E-state index is -0.342. The van der Waals surface area contributed by atoms with Crippen LogP contribution >= 0.6 is 11.6 Å². The number of likely N-dealkylation sites (tertiary alicyclic amines) is 1. The van der Waals surface area contributed by atoms with E-state index in [1.54, 1.807) is 43.5 Å². The van der Waals surface area contributed by atoms with E-state index in [9.17, 15) is 9.59 Å². The molecule has 2 amide bonds. The van der Waals surface area contributed by atoms with Gasteiger partial charge in [-0.3, -0.25) is 9.59 Å². The van der Waals surface area contributed by atoms with Crippen LogP contribution in [0.15, 0.2) is 48.5 Å². The molecule has 0 aliphatic carbocycles. The Bertz CT molecular complexity index is 966. The first-order valence-corrected chi connectivity index (χ1v) is 12.0. The highest BCUT2D eigenvalue weighted by Gasteiger charge is 2.40. The topological polar surface area (TPSA) is 68.3 Å². The Labute approximate surface area is 205 Å². The summed E-state index contributed by atoms with van der Waals surface area (Å²) in [6.45, 7) is 3.95. The number of piperidine rings is 1. The third-order valence-corrected chi connectivity index (χ3v) is 6.95. The minimum absolute atomic E-state index is 0.00521. The number of hydrogen-bond acceptors (Lipinski definition) is 5. The molecule has 2 aliphatic rings. The maximum absolute atomic E-state index is 13.1. The Kier molecular flexibility index (Phi) is 7.95. The fraction of sp³-hybridized carbons (Fsp3) is 0.462. The van der Waals surface area contributed by atoms with E-state index in [-0.39, 0.29) is 17.2 Å². The molecule has 0 bridgehead atoms. The molecular formula is C26H31ClN2O5. The van der Waals surface area contributed by atoms with E-state index < -0.39 is 0 Å². The van der Waals surface area contributed by atoms with Crippen molar-refractivity contribution in [2.45, 2.75) is 19.3 Å². The van der Waals surface area contributed by atoms with Crippen LogP contribution in [0, 0.1) is 5.41 Å². The molecule has 2 aromatic carbocycles. The molecule has 0 saturated carbocycles. The monoisotopic (exact) mass is 486 g/mol. The fourth-order valence-corrected chi connectivity index (χ4v) is 4.61. The molecule has 0 atom stereocenters. The molecule has 8 heteroatoms. The van der Waals surface area contributed by atoms with Gasteiger partial charge in [-0.15, -0.1) is 0 Å². The number of benzene rings is 2. The lowest BCUT2D eigenvalue weighted by Crippen LogP contribution is -2.49. The number of carbonyl (C=O) groups excluding carboxylic acids is 2. The molecule has 182 valence electrons. The number of halogens is 1. The van der Waals surface area contributed by atoms with Crippen LogP contribution in [0.25, 0.3) is 0 Å². The van der Waals surface area contributed by atoms with E-state index in [0.717, 1.165) is 11.5 Å². The number of morpholine rings is 1. The Hall–Kier alpha value is -2.77. The number of amides is 2. The van der Waals surface area contributed by atoms with Crippen molar-refractivity contribution < 1.29 is 23.8 Å². The van der Waals surface area contributed by atoms with Gasteiger partial charge in [-0.05, 0) is 61.4 Å². The van der Waals surface area contributed by atoms with Gasteiger partial charge in [-0.25, -0.2) is 0 Å². The van der Waals surface area contributed by atoms with Crippen molar-refractivity contribution >= 4 is 23.4 Å².